The van der Waals surface area contributed by atoms with Crippen molar-refractivity contribution >= 4 is 11.3 Å². The van der Waals surface area contributed by atoms with Crippen molar-refractivity contribution in [1.82, 2.24) is 0 Å². The quantitative estimate of drug-likeness (QED) is 0.694. The van der Waals surface area contributed by atoms with Crippen LogP contribution in [0.4, 0.5) is 18.9 Å². The molecule has 0 atom stereocenters. The summed E-state index contributed by atoms with van der Waals surface area (Å²) in [5, 5.41) is 0. The van der Waals surface area contributed by atoms with Gasteiger partial charge in [-0.1, -0.05) is 12.6 Å². The molecule has 0 saturated heterocycles. The normalized spacial score (nSPS) is 11.4. The van der Waals surface area contributed by atoms with E-state index in [-0.39, 0.29) is 5.56 Å². The van der Waals surface area contributed by atoms with E-state index in [9.17, 15) is 13.2 Å². The summed E-state index contributed by atoms with van der Waals surface area (Å²) in [6, 6.07) is 4.14. The molecule has 0 aliphatic heterocycles. The Morgan fingerprint density at radius 3 is 2.36 bits per heavy atom. The van der Waals surface area contributed by atoms with Crippen molar-refractivity contribution in [2.75, 3.05) is 5.73 Å². The molecule has 0 radical (unpaired) electrons. The number of hydrogen-bond acceptors (Lipinski definition) is 1. The Hall–Kier alpha value is -1.45. The van der Waals surface area contributed by atoms with E-state index in [1.54, 1.807) is 6.92 Å². The van der Waals surface area contributed by atoms with E-state index in [4.69, 9.17) is 5.73 Å². The minimum Gasteiger partial charge on any atom is -0.399 e. The van der Waals surface area contributed by atoms with E-state index in [2.05, 4.69) is 6.58 Å². The highest BCUT2D eigenvalue weighted by atomic mass is 19.4. The molecule has 0 amide bonds. The molecule has 0 spiro atoms. The number of nitrogen functional groups attached to an aromatic ring is 1. The predicted molar refractivity (Wildman–Crippen MR) is 50.7 cm³/mol. The Labute approximate surface area is 80.0 Å². The lowest BCUT2D eigenvalue weighted by atomic mass is 10.0. The zero-order valence-corrected chi connectivity index (χ0v) is 7.65. The summed E-state index contributed by atoms with van der Waals surface area (Å²) >= 11 is 0. The van der Waals surface area contributed by atoms with Gasteiger partial charge in [0.15, 0.2) is 0 Å². The molecule has 0 bridgehead atoms. The zero-order valence-electron chi connectivity index (χ0n) is 7.65. The van der Waals surface area contributed by atoms with Crippen LogP contribution in [0.3, 0.4) is 0 Å². The van der Waals surface area contributed by atoms with Crippen LogP contribution in [0.25, 0.3) is 5.57 Å². The van der Waals surface area contributed by atoms with Crippen molar-refractivity contribution in [2.24, 2.45) is 0 Å². The molecular formula is C10H10F3N. The molecule has 1 aromatic rings. The van der Waals surface area contributed by atoms with Crippen molar-refractivity contribution in [3.63, 3.8) is 0 Å². The topological polar surface area (TPSA) is 26.0 Å². The first-order chi connectivity index (χ1) is 6.32. The maximum Gasteiger partial charge on any atom is 0.416 e. The monoisotopic (exact) mass is 201 g/mol. The van der Waals surface area contributed by atoms with Crippen molar-refractivity contribution in [2.45, 2.75) is 13.1 Å². The van der Waals surface area contributed by atoms with Crippen LogP contribution in [-0.2, 0) is 0 Å². The lowest BCUT2D eigenvalue weighted by molar-refractivity contribution is -0.0686. The molecule has 1 rings (SSSR count). The van der Waals surface area contributed by atoms with Gasteiger partial charge in [0, 0.05) is 5.69 Å². The number of aryl methyl sites for hydroxylation is 1. The fourth-order valence-corrected chi connectivity index (χ4v) is 1.03. The number of anilines is 1. The van der Waals surface area contributed by atoms with Crippen LogP contribution in [0.2, 0.25) is 0 Å². The first kappa shape index (κ1) is 10.6. The molecule has 0 unspecified atom stereocenters. The number of alkyl halides is 3. The standard InChI is InChI=1S/C10H10F3N/c1-6-5-8(3-4-9(6)14)7(2)10(11,12)13/h3-5H,2,14H2,1H3. The summed E-state index contributed by atoms with van der Waals surface area (Å²) in [5.74, 6) is 0. The van der Waals surface area contributed by atoms with E-state index in [1.165, 1.54) is 18.2 Å². The van der Waals surface area contributed by atoms with Crippen molar-refractivity contribution in [3.05, 3.63) is 35.9 Å². The molecule has 0 aliphatic carbocycles. The second kappa shape index (κ2) is 3.36. The maximum absolute atomic E-state index is 12.2. The maximum atomic E-state index is 12.2. The summed E-state index contributed by atoms with van der Waals surface area (Å²) < 4.78 is 36.7. The molecule has 76 valence electrons. The SMILES string of the molecule is C=C(c1ccc(N)c(C)c1)C(F)(F)F. The van der Waals surface area contributed by atoms with Gasteiger partial charge in [-0.05, 0) is 30.2 Å². The fourth-order valence-electron chi connectivity index (χ4n) is 1.03. The van der Waals surface area contributed by atoms with Crippen LogP contribution < -0.4 is 5.73 Å². The first-order valence-corrected chi connectivity index (χ1v) is 3.95. The molecule has 14 heavy (non-hydrogen) atoms. The van der Waals surface area contributed by atoms with E-state index >= 15 is 0 Å². The summed E-state index contributed by atoms with van der Waals surface area (Å²) in [6.07, 6.45) is -4.39. The van der Waals surface area contributed by atoms with Crippen molar-refractivity contribution in [1.29, 1.82) is 0 Å². The van der Waals surface area contributed by atoms with Gasteiger partial charge in [0.05, 0.1) is 5.57 Å². The third-order valence-corrected chi connectivity index (χ3v) is 1.96. The van der Waals surface area contributed by atoms with Gasteiger partial charge < -0.3 is 5.73 Å². The lowest BCUT2D eigenvalue weighted by Crippen LogP contribution is -2.09. The Bertz CT molecular complexity index is 366. The smallest absolute Gasteiger partial charge is 0.399 e. The highest BCUT2D eigenvalue weighted by Crippen LogP contribution is 2.33. The van der Waals surface area contributed by atoms with E-state index < -0.39 is 11.7 Å². The van der Waals surface area contributed by atoms with E-state index in [0.29, 0.717) is 11.3 Å². The van der Waals surface area contributed by atoms with Gasteiger partial charge in [-0.3, -0.25) is 0 Å². The predicted octanol–water partition coefficient (Wildman–Crippen LogP) is 3.15. The van der Waals surface area contributed by atoms with Crippen molar-refractivity contribution in [3.8, 4) is 0 Å². The minimum atomic E-state index is -4.39. The van der Waals surface area contributed by atoms with E-state index in [1.807, 2.05) is 0 Å². The molecule has 0 saturated carbocycles. The lowest BCUT2D eigenvalue weighted by Gasteiger charge is -2.11. The Kier molecular flexibility index (Phi) is 2.55. The van der Waals surface area contributed by atoms with Gasteiger partial charge >= 0.3 is 6.18 Å². The van der Waals surface area contributed by atoms with Crippen LogP contribution >= 0.6 is 0 Å². The summed E-state index contributed by atoms with van der Waals surface area (Å²) in [4.78, 5) is 0. The van der Waals surface area contributed by atoms with Gasteiger partial charge in [-0.15, -0.1) is 0 Å². The van der Waals surface area contributed by atoms with Crippen LogP contribution in [0, 0.1) is 6.92 Å². The van der Waals surface area contributed by atoms with Gasteiger partial charge in [0.2, 0.25) is 0 Å². The van der Waals surface area contributed by atoms with Crippen molar-refractivity contribution < 1.29 is 13.2 Å². The van der Waals surface area contributed by atoms with Crippen LogP contribution in [0.5, 0.6) is 0 Å². The molecule has 0 aromatic heterocycles. The van der Waals surface area contributed by atoms with Gasteiger partial charge in [-0.25, -0.2) is 0 Å². The molecule has 1 nitrogen and oxygen atoms in total. The first-order valence-electron chi connectivity index (χ1n) is 3.95. The molecule has 0 fully saturated rings. The minimum absolute atomic E-state index is 0.0594. The molecule has 1 aromatic carbocycles. The summed E-state index contributed by atoms with van der Waals surface area (Å²) in [7, 11) is 0. The number of hydrogen-bond donors (Lipinski definition) is 1. The summed E-state index contributed by atoms with van der Waals surface area (Å²) in [5.41, 5.74) is 5.79. The average molecular weight is 201 g/mol. The number of benzene rings is 1. The number of halogens is 3. The second-order valence-electron chi connectivity index (χ2n) is 3.05. The Balaban J connectivity index is 3.10. The highest BCUT2D eigenvalue weighted by molar-refractivity contribution is 5.69. The summed E-state index contributed by atoms with van der Waals surface area (Å²) in [6.45, 7) is 4.66. The van der Waals surface area contributed by atoms with Gasteiger partial charge in [-0.2, -0.15) is 13.2 Å². The molecule has 0 heterocycles. The van der Waals surface area contributed by atoms with Crippen LogP contribution in [0.15, 0.2) is 24.8 Å². The number of allylic oxidation sites excluding steroid dienone is 1. The van der Waals surface area contributed by atoms with Crippen LogP contribution in [-0.4, -0.2) is 6.18 Å². The second-order valence-corrected chi connectivity index (χ2v) is 3.05. The molecule has 2 N–H and O–H groups in total. The zero-order chi connectivity index (χ0) is 10.9. The third kappa shape index (κ3) is 2.07. The highest BCUT2D eigenvalue weighted by Gasteiger charge is 2.32. The van der Waals surface area contributed by atoms with Crippen LogP contribution in [0.1, 0.15) is 11.1 Å². The Morgan fingerprint density at radius 1 is 1.36 bits per heavy atom. The largest absolute Gasteiger partial charge is 0.416 e. The molecule has 0 aliphatic rings. The van der Waals surface area contributed by atoms with E-state index in [0.717, 1.165) is 0 Å². The fraction of sp³-hybridized carbons (Fsp3) is 0.200. The third-order valence-electron chi connectivity index (χ3n) is 1.96. The number of nitrogens with two attached hydrogens (primary N) is 1. The molecular weight excluding hydrogens is 191 g/mol. The molecule has 4 heteroatoms. The average Bonchev–Trinajstić information content (AvgIpc) is 2.07. The Morgan fingerprint density at radius 2 is 1.93 bits per heavy atom. The van der Waals surface area contributed by atoms with Gasteiger partial charge in [0.25, 0.3) is 0 Å². The number of rotatable bonds is 1. The van der Waals surface area contributed by atoms with Gasteiger partial charge in [0.1, 0.15) is 0 Å².